The minimum absolute atomic E-state index is 0.0343. The van der Waals surface area contributed by atoms with Crippen LogP contribution in [-0.2, 0) is 25.6 Å². The largest absolute Gasteiger partial charge is 0.507 e. The highest BCUT2D eigenvalue weighted by Gasteiger charge is 2.66. The number of fused-ring (bicyclic) bond motifs is 3. The zero-order valence-electron chi connectivity index (χ0n) is 14.5. The number of aliphatic hydroxyl groups is 1. The van der Waals surface area contributed by atoms with Crippen molar-refractivity contribution in [3.8, 4) is 5.75 Å². The van der Waals surface area contributed by atoms with Gasteiger partial charge in [-0.3, -0.25) is 24.0 Å². The summed E-state index contributed by atoms with van der Waals surface area (Å²) in [6.07, 6.45) is -0.545. The van der Waals surface area contributed by atoms with Crippen LogP contribution in [0.4, 0.5) is 4.39 Å². The molecule has 0 saturated heterocycles. The van der Waals surface area contributed by atoms with Crippen molar-refractivity contribution in [2.45, 2.75) is 24.9 Å². The van der Waals surface area contributed by atoms with E-state index in [9.17, 15) is 38.6 Å². The third-order valence-corrected chi connectivity index (χ3v) is 6.23. The molecule has 0 aromatic heterocycles. The predicted molar refractivity (Wildman–Crippen MR) is 88.5 cm³/mol. The second-order valence-electron chi connectivity index (χ2n) is 7.66. The van der Waals surface area contributed by atoms with Crippen LogP contribution >= 0.6 is 0 Å². The molecular weight excluding hydrogens is 373 g/mol. The van der Waals surface area contributed by atoms with Gasteiger partial charge in [0.05, 0.1) is 11.5 Å². The minimum Gasteiger partial charge on any atom is -0.507 e. The highest BCUT2D eigenvalue weighted by Crippen LogP contribution is 2.50. The summed E-state index contributed by atoms with van der Waals surface area (Å²) in [7, 11) is 0. The number of halogens is 1. The van der Waals surface area contributed by atoms with Gasteiger partial charge in [0, 0.05) is 17.9 Å². The number of primary amides is 1. The molecule has 3 aliphatic rings. The lowest BCUT2D eigenvalue weighted by Crippen LogP contribution is -2.68. The van der Waals surface area contributed by atoms with Gasteiger partial charge in [-0.05, 0) is 30.9 Å². The molecule has 2 unspecified atom stereocenters. The topological polar surface area (TPSA) is 152 Å². The summed E-state index contributed by atoms with van der Waals surface area (Å²) in [5, 5.41) is 20.9. The number of nitrogens with two attached hydrogens (primary N) is 1. The molecule has 146 valence electrons. The first-order valence-electron chi connectivity index (χ1n) is 8.76. The SMILES string of the molecule is NC(=O)C1C(=O)C[C@@H]2C[C@@H]3Cc4c(F)ccc(O)c4C(=O)C3C(=O)[C@]2(O)C1=O. The molecule has 0 bridgehead atoms. The Morgan fingerprint density at radius 1 is 1.14 bits per heavy atom. The number of benzene rings is 1. The van der Waals surface area contributed by atoms with Crippen molar-refractivity contribution in [2.75, 3.05) is 0 Å². The highest BCUT2D eigenvalue weighted by molar-refractivity contribution is 6.31. The van der Waals surface area contributed by atoms with Crippen molar-refractivity contribution in [2.24, 2.45) is 29.4 Å². The van der Waals surface area contributed by atoms with Gasteiger partial charge in [-0.1, -0.05) is 0 Å². The van der Waals surface area contributed by atoms with E-state index in [0.29, 0.717) is 0 Å². The first-order chi connectivity index (χ1) is 13.1. The number of ketones is 4. The lowest BCUT2D eigenvalue weighted by molar-refractivity contribution is -0.175. The standard InChI is InChI=1S/C19H16FNO7/c20-9-1-2-10(22)13-8(9)4-6-3-7-5-11(23)14(18(21)27)17(26)19(7,28)16(25)12(6)15(13)24/h1-2,6-7,12,14,22,28H,3-5H2,(H2,21,27)/t6-,7+,12?,14?,19+/m1/s1. The van der Waals surface area contributed by atoms with Crippen molar-refractivity contribution in [3.63, 3.8) is 0 Å². The second-order valence-corrected chi connectivity index (χ2v) is 7.66. The van der Waals surface area contributed by atoms with Crippen LogP contribution in [0.2, 0.25) is 0 Å². The molecule has 0 heterocycles. The number of carbonyl (C=O) groups excluding carboxylic acids is 5. The van der Waals surface area contributed by atoms with E-state index in [-0.39, 0.29) is 24.0 Å². The Balaban J connectivity index is 1.82. The Labute approximate surface area is 157 Å². The predicted octanol–water partition coefficient (Wildman–Crippen LogP) is -0.534. The Kier molecular flexibility index (Phi) is 3.80. The van der Waals surface area contributed by atoms with E-state index in [1.165, 1.54) is 0 Å². The van der Waals surface area contributed by atoms with E-state index in [1.807, 2.05) is 0 Å². The number of phenols is 1. The maximum absolute atomic E-state index is 14.2. The number of hydrogen-bond donors (Lipinski definition) is 3. The van der Waals surface area contributed by atoms with Gasteiger partial charge in [0.15, 0.2) is 34.7 Å². The molecular formula is C19H16FNO7. The monoisotopic (exact) mass is 389 g/mol. The number of Topliss-reactive ketones (excluding diaryl/α,β-unsaturated/α-hetero) is 4. The number of hydrogen-bond acceptors (Lipinski definition) is 7. The van der Waals surface area contributed by atoms with Gasteiger partial charge in [-0.25, -0.2) is 4.39 Å². The zero-order valence-corrected chi connectivity index (χ0v) is 14.5. The van der Waals surface area contributed by atoms with Gasteiger partial charge < -0.3 is 15.9 Å². The summed E-state index contributed by atoms with van der Waals surface area (Å²) in [6, 6.07) is 2.00. The third-order valence-electron chi connectivity index (χ3n) is 6.23. The summed E-state index contributed by atoms with van der Waals surface area (Å²) in [5.74, 6) is -11.9. The summed E-state index contributed by atoms with van der Waals surface area (Å²) >= 11 is 0. The Morgan fingerprint density at radius 2 is 1.82 bits per heavy atom. The van der Waals surface area contributed by atoms with E-state index in [1.54, 1.807) is 0 Å². The van der Waals surface area contributed by atoms with Crippen LogP contribution in [0.25, 0.3) is 0 Å². The Bertz CT molecular complexity index is 987. The quantitative estimate of drug-likeness (QED) is 0.546. The second kappa shape index (κ2) is 5.78. The molecule has 5 atom stereocenters. The molecule has 4 N–H and O–H groups in total. The minimum atomic E-state index is -2.69. The van der Waals surface area contributed by atoms with Crippen LogP contribution in [0.1, 0.15) is 28.8 Å². The molecule has 1 amide bonds. The lowest BCUT2D eigenvalue weighted by Gasteiger charge is -2.48. The number of rotatable bonds is 1. The normalized spacial score (nSPS) is 34.5. The molecule has 1 aromatic carbocycles. The van der Waals surface area contributed by atoms with Gasteiger partial charge >= 0.3 is 0 Å². The Morgan fingerprint density at radius 3 is 2.46 bits per heavy atom. The van der Waals surface area contributed by atoms with Gasteiger partial charge in [-0.15, -0.1) is 0 Å². The van der Waals surface area contributed by atoms with E-state index in [4.69, 9.17) is 5.73 Å². The van der Waals surface area contributed by atoms with E-state index in [2.05, 4.69) is 0 Å². The summed E-state index contributed by atoms with van der Waals surface area (Å²) in [6.45, 7) is 0. The molecule has 3 aliphatic carbocycles. The summed E-state index contributed by atoms with van der Waals surface area (Å²) < 4.78 is 14.2. The van der Waals surface area contributed by atoms with E-state index >= 15 is 0 Å². The van der Waals surface area contributed by atoms with Gasteiger partial charge in [0.2, 0.25) is 5.91 Å². The van der Waals surface area contributed by atoms with Crippen molar-refractivity contribution in [1.82, 2.24) is 0 Å². The molecule has 2 fully saturated rings. The average molecular weight is 389 g/mol. The molecule has 28 heavy (non-hydrogen) atoms. The molecule has 4 rings (SSSR count). The van der Waals surface area contributed by atoms with Crippen molar-refractivity contribution < 1.29 is 38.6 Å². The van der Waals surface area contributed by atoms with Crippen molar-refractivity contribution in [1.29, 1.82) is 0 Å². The van der Waals surface area contributed by atoms with Crippen LogP contribution in [0, 0.1) is 29.5 Å². The molecule has 1 aromatic rings. The molecule has 2 saturated carbocycles. The number of carbonyl (C=O) groups is 5. The molecule has 0 spiro atoms. The zero-order chi connectivity index (χ0) is 20.5. The smallest absolute Gasteiger partial charge is 0.235 e. The first kappa shape index (κ1) is 18.4. The van der Waals surface area contributed by atoms with Gasteiger partial charge in [0.25, 0.3) is 0 Å². The lowest BCUT2D eigenvalue weighted by atomic mass is 9.54. The summed E-state index contributed by atoms with van der Waals surface area (Å²) in [4.78, 5) is 62.3. The van der Waals surface area contributed by atoms with E-state index < -0.39 is 76.3 Å². The van der Waals surface area contributed by atoms with Gasteiger partial charge in [-0.2, -0.15) is 0 Å². The molecule has 8 nitrogen and oxygen atoms in total. The summed E-state index contributed by atoms with van der Waals surface area (Å²) in [5.41, 5.74) is 2.02. The van der Waals surface area contributed by atoms with Gasteiger partial charge in [0.1, 0.15) is 11.6 Å². The third kappa shape index (κ3) is 2.16. The van der Waals surface area contributed by atoms with Crippen molar-refractivity contribution >= 4 is 29.0 Å². The van der Waals surface area contributed by atoms with E-state index in [0.717, 1.165) is 12.1 Å². The van der Waals surface area contributed by atoms with Crippen LogP contribution in [0.5, 0.6) is 5.75 Å². The number of aromatic hydroxyl groups is 1. The Hall–Kier alpha value is -2.94. The molecule has 0 radical (unpaired) electrons. The number of phenolic OH excluding ortho intramolecular Hbond substituents is 1. The van der Waals surface area contributed by atoms with Crippen LogP contribution < -0.4 is 5.73 Å². The van der Waals surface area contributed by atoms with Crippen LogP contribution in [0.3, 0.4) is 0 Å². The fraction of sp³-hybridized carbons (Fsp3) is 0.421. The fourth-order valence-electron chi connectivity index (χ4n) is 4.93. The maximum atomic E-state index is 14.2. The van der Waals surface area contributed by atoms with Crippen LogP contribution in [-0.4, -0.2) is 44.9 Å². The average Bonchev–Trinajstić information content (AvgIpc) is 2.61. The maximum Gasteiger partial charge on any atom is 0.235 e. The fourth-order valence-corrected chi connectivity index (χ4v) is 4.93. The highest BCUT2D eigenvalue weighted by atomic mass is 19.1. The van der Waals surface area contributed by atoms with Crippen molar-refractivity contribution in [3.05, 3.63) is 29.1 Å². The number of amides is 1. The first-order valence-corrected chi connectivity index (χ1v) is 8.76. The molecule has 0 aliphatic heterocycles. The van der Waals surface area contributed by atoms with Crippen LogP contribution in [0.15, 0.2) is 12.1 Å². The molecule has 9 heteroatoms.